The number of hydrogen-bond donors (Lipinski definition) is 2. The Hall–Kier alpha value is -3.83. The first-order valence-electron chi connectivity index (χ1n) is 11.9. The molecule has 0 atom stereocenters. The van der Waals surface area contributed by atoms with Gasteiger partial charge in [-0.05, 0) is 48.7 Å². The van der Waals surface area contributed by atoms with Gasteiger partial charge in [-0.2, -0.15) is 0 Å². The highest BCUT2D eigenvalue weighted by atomic mass is 16.3. The van der Waals surface area contributed by atoms with Crippen LogP contribution in [0.25, 0.3) is 21.7 Å². The molecule has 170 valence electrons. The molecule has 0 bridgehead atoms. The number of aryl methyl sites for hydroxylation is 1. The van der Waals surface area contributed by atoms with E-state index in [0.717, 1.165) is 71.3 Å². The van der Waals surface area contributed by atoms with Crippen molar-refractivity contribution in [1.82, 2.24) is 14.5 Å². The van der Waals surface area contributed by atoms with Gasteiger partial charge in [-0.3, -0.25) is 9.88 Å². The summed E-state index contributed by atoms with van der Waals surface area (Å²) in [5, 5.41) is 17.5. The lowest BCUT2D eigenvalue weighted by Crippen LogP contribution is -2.33. The first-order chi connectivity index (χ1) is 16.6. The molecular weight excluding hydrogens is 420 g/mol. The van der Waals surface area contributed by atoms with E-state index in [0.29, 0.717) is 5.88 Å². The van der Waals surface area contributed by atoms with Gasteiger partial charge >= 0.3 is 0 Å². The van der Waals surface area contributed by atoms with Crippen LogP contribution in [0.15, 0.2) is 79.0 Å². The van der Waals surface area contributed by atoms with Gasteiger partial charge in [0.15, 0.2) is 5.88 Å². The van der Waals surface area contributed by atoms with Crippen molar-refractivity contribution in [3.8, 4) is 5.88 Å². The van der Waals surface area contributed by atoms with E-state index in [1.807, 2.05) is 35.8 Å². The molecule has 1 aliphatic heterocycles. The minimum atomic E-state index is 0.326. The Morgan fingerprint density at radius 1 is 0.912 bits per heavy atom. The van der Waals surface area contributed by atoms with Crippen LogP contribution >= 0.6 is 0 Å². The summed E-state index contributed by atoms with van der Waals surface area (Å²) in [6.07, 6.45) is 3.15. The molecule has 34 heavy (non-hydrogen) atoms. The van der Waals surface area contributed by atoms with E-state index in [2.05, 4.69) is 69.9 Å². The molecule has 0 saturated heterocycles. The number of nitrogens with one attached hydrogen (secondary N) is 1. The molecule has 0 spiro atoms. The normalized spacial score (nSPS) is 13.9. The average molecular weight is 449 g/mol. The predicted molar refractivity (Wildman–Crippen MR) is 139 cm³/mol. The van der Waals surface area contributed by atoms with E-state index in [-0.39, 0.29) is 0 Å². The summed E-state index contributed by atoms with van der Waals surface area (Å²) in [4.78, 5) is 7.10. The predicted octanol–water partition coefficient (Wildman–Crippen LogP) is 6.01. The number of hydrogen-bond acceptors (Lipinski definition) is 4. The third-order valence-electron chi connectivity index (χ3n) is 6.85. The molecule has 3 aromatic carbocycles. The molecule has 0 fully saturated rings. The van der Waals surface area contributed by atoms with Crippen molar-refractivity contribution in [2.75, 3.05) is 18.4 Å². The van der Waals surface area contributed by atoms with Gasteiger partial charge in [0.1, 0.15) is 0 Å². The zero-order valence-electron chi connectivity index (χ0n) is 19.3. The summed E-state index contributed by atoms with van der Waals surface area (Å²) in [7, 11) is 0. The van der Waals surface area contributed by atoms with Crippen molar-refractivity contribution < 1.29 is 5.11 Å². The smallest absolute Gasteiger partial charge is 0.199 e. The highest BCUT2D eigenvalue weighted by molar-refractivity contribution is 5.95. The molecule has 0 radical (unpaired) electrons. The van der Waals surface area contributed by atoms with E-state index in [9.17, 15) is 5.11 Å². The Kier molecular flexibility index (Phi) is 5.19. The number of aromatic nitrogens is 2. The van der Waals surface area contributed by atoms with E-state index < -0.39 is 0 Å². The van der Waals surface area contributed by atoms with E-state index in [1.165, 1.54) is 11.1 Å². The number of nitrogens with zero attached hydrogens (tertiary/aromatic N) is 3. The highest BCUT2D eigenvalue weighted by Gasteiger charge is 2.16. The van der Waals surface area contributed by atoms with Gasteiger partial charge in [-0.15, -0.1) is 0 Å². The van der Waals surface area contributed by atoms with Crippen LogP contribution in [-0.2, 0) is 19.5 Å². The lowest BCUT2D eigenvalue weighted by Gasteiger charge is -2.28. The quantitative estimate of drug-likeness (QED) is 0.346. The maximum atomic E-state index is 11.0. The summed E-state index contributed by atoms with van der Waals surface area (Å²) < 4.78 is 1.97. The van der Waals surface area contributed by atoms with Crippen LogP contribution in [-0.4, -0.2) is 32.6 Å². The van der Waals surface area contributed by atoms with Crippen LogP contribution in [0.2, 0.25) is 0 Å². The zero-order chi connectivity index (χ0) is 23.1. The second-order valence-electron chi connectivity index (χ2n) is 9.20. The Balaban J connectivity index is 1.22. The minimum Gasteiger partial charge on any atom is -0.494 e. The van der Waals surface area contributed by atoms with Crippen molar-refractivity contribution in [3.05, 3.63) is 95.8 Å². The summed E-state index contributed by atoms with van der Waals surface area (Å²) >= 11 is 0. The lowest BCUT2D eigenvalue weighted by molar-refractivity contribution is 0.240. The van der Waals surface area contributed by atoms with Crippen LogP contribution in [0.1, 0.15) is 16.8 Å². The third-order valence-corrected chi connectivity index (χ3v) is 6.85. The molecule has 1 aliphatic rings. The lowest BCUT2D eigenvalue weighted by atomic mass is 10.00. The topological polar surface area (TPSA) is 53.3 Å². The number of aromatic hydroxyl groups is 1. The second-order valence-corrected chi connectivity index (χ2v) is 9.20. The Labute approximate surface area is 199 Å². The third kappa shape index (κ3) is 3.88. The van der Waals surface area contributed by atoms with Gasteiger partial charge in [-0.1, -0.05) is 48.5 Å². The highest BCUT2D eigenvalue weighted by Crippen LogP contribution is 2.32. The van der Waals surface area contributed by atoms with Crippen molar-refractivity contribution in [1.29, 1.82) is 0 Å². The van der Waals surface area contributed by atoms with Crippen molar-refractivity contribution in [2.24, 2.45) is 0 Å². The average Bonchev–Trinajstić information content (AvgIpc) is 3.17. The zero-order valence-corrected chi connectivity index (χ0v) is 19.3. The number of pyridine rings is 1. The molecule has 5 aromatic rings. The van der Waals surface area contributed by atoms with Gasteiger partial charge in [0.2, 0.25) is 0 Å². The Bertz CT molecular complexity index is 1500. The van der Waals surface area contributed by atoms with Crippen LogP contribution < -0.4 is 5.32 Å². The standard InChI is InChI=1S/C29H28N4O/c1-20-16-28(25-8-4-5-9-27(25)30-20)31-24-11-10-23-19-33(29(34)26(23)17-24)15-14-32-13-12-21-6-2-3-7-22(21)18-32/h2-11,16-17,19,34H,12-15,18H2,1H3,(H,30,31). The molecule has 3 heterocycles. The Morgan fingerprint density at radius 3 is 2.65 bits per heavy atom. The van der Waals surface area contributed by atoms with Gasteiger partial charge in [-0.25, -0.2) is 0 Å². The number of para-hydroxylation sites is 1. The van der Waals surface area contributed by atoms with Gasteiger partial charge in [0.05, 0.1) is 5.52 Å². The van der Waals surface area contributed by atoms with E-state index in [1.54, 1.807) is 0 Å². The largest absolute Gasteiger partial charge is 0.494 e. The van der Waals surface area contributed by atoms with Crippen LogP contribution in [0.5, 0.6) is 5.88 Å². The SMILES string of the molecule is Cc1cc(Nc2ccc3cn(CCN4CCc5ccccc5C4)c(O)c3c2)c2ccccc2n1. The summed E-state index contributed by atoms with van der Waals surface area (Å²) in [5.41, 5.74) is 6.79. The Morgan fingerprint density at radius 2 is 1.74 bits per heavy atom. The fourth-order valence-electron chi connectivity index (χ4n) is 5.06. The van der Waals surface area contributed by atoms with Crippen molar-refractivity contribution in [2.45, 2.75) is 26.4 Å². The number of benzene rings is 3. The molecule has 0 unspecified atom stereocenters. The van der Waals surface area contributed by atoms with Crippen LogP contribution in [0, 0.1) is 6.92 Å². The second kappa shape index (κ2) is 8.50. The number of fused-ring (bicyclic) bond motifs is 3. The van der Waals surface area contributed by atoms with Gasteiger partial charge in [0, 0.05) is 65.6 Å². The maximum absolute atomic E-state index is 11.0. The van der Waals surface area contributed by atoms with Crippen LogP contribution in [0.4, 0.5) is 11.4 Å². The van der Waals surface area contributed by atoms with Crippen molar-refractivity contribution in [3.63, 3.8) is 0 Å². The van der Waals surface area contributed by atoms with Gasteiger partial charge < -0.3 is 15.0 Å². The molecular formula is C29H28N4O. The molecule has 0 aliphatic carbocycles. The monoisotopic (exact) mass is 448 g/mol. The number of rotatable bonds is 5. The molecule has 5 nitrogen and oxygen atoms in total. The summed E-state index contributed by atoms with van der Waals surface area (Å²) in [6, 6.07) is 25.1. The van der Waals surface area contributed by atoms with Crippen molar-refractivity contribution >= 4 is 33.1 Å². The first-order valence-corrected chi connectivity index (χ1v) is 11.9. The summed E-state index contributed by atoms with van der Waals surface area (Å²) in [6.45, 7) is 5.72. The van der Waals surface area contributed by atoms with Crippen LogP contribution in [0.3, 0.4) is 0 Å². The molecule has 6 rings (SSSR count). The fourth-order valence-corrected chi connectivity index (χ4v) is 5.06. The van der Waals surface area contributed by atoms with Gasteiger partial charge in [0.25, 0.3) is 0 Å². The molecule has 2 aromatic heterocycles. The summed E-state index contributed by atoms with van der Waals surface area (Å²) in [5.74, 6) is 0.326. The maximum Gasteiger partial charge on any atom is 0.199 e. The number of anilines is 2. The molecule has 0 saturated carbocycles. The molecule has 2 N–H and O–H groups in total. The molecule has 5 heteroatoms. The fraction of sp³-hybridized carbons (Fsp3) is 0.207. The van der Waals surface area contributed by atoms with E-state index >= 15 is 0 Å². The first kappa shape index (κ1) is 20.8. The minimum absolute atomic E-state index is 0.326. The van der Waals surface area contributed by atoms with E-state index in [4.69, 9.17) is 0 Å². The molecule has 0 amide bonds.